The molecule has 1 fully saturated rings. The Morgan fingerprint density at radius 1 is 1.23 bits per heavy atom. The van der Waals surface area contributed by atoms with Gasteiger partial charge in [-0.2, -0.15) is 0 Å². The van der Waals surface area contributed by atoms with Gasteiger partial charge in [0, 0.05) is 37.6 Å². The molecule has 1 saturated heterocycles. The van der Waals surface area contributed by atoms with Crippen molar-refractivity contribution in [3.8, 4) is 0 Å². The van der Waals surface area contributed by atoms with Crippen LogP contribution in [0, 0.1) is 12.7 Å². The Kier molecular flexibility index (Phi) is 4.83. The lowest BCUT2D eigenvalue weighted by Gasteiger charge is -2.27. The number of pyridine rings is 1. The number of benzene rings is 1. The number of fused-ring (bicyclic) bond motifs is 1. The lowest BCUT2D eigenvalue weighted by molar-refractivity contribution is 0.0737. The Morgan fingerprint density at radius 3 is 2.59 bits per heavy atom. The fraction of sp³-hybridized carbons (Fsp3) is 0.333. The van der Waals surface area contributed by atoms with Crippen molar-refractivity contribution in [2.45, 2.75) is 6.92 Å². The number of aryl methyl sites for hydroxylation is 1. The number of piperazine rings is 1. The second-order valence-electron chi connectivity index (χ2n) is 5.26. The van der Waals surface area contributed by atoms with Gasteiger partial charge in [0.2, 0.25) is 5.56 Å². The Bertz CT molecular complexity index is 769. The number of hydrogen-bond donors (Lipinski definition) is 2. The van der Waals surface area contributed by atoms with Crippen LogP contribution in [-0.2, 0) is 0 Å². The highest BCUT2D eigenvalue weighted by atomic mass is 35.5. The molecule has 0 aliphatic carbocycles. The molecule has 118 valence electrons. The summed E-state index contributed by atoms with van der Waals surface area (Å²) >= 11 is 0. The molecule has 3 rings (SSSR count). The van der Waals surface area contributed by atoms with E-state index >= 15 is 0 Å². The fourth-order valence-corrected chi connectivity index (χ4v) is 2.67. The van der Waals surface area contributed by atoms with Gasteiger partial charge in [0.25, 0.3) is 5.91 Å². The number of amides is 1. The molecule has 1 aromatic carbocycles. The Hall–Kier alpha value is -1.92. The zero-order valence-corrected chi connectivity index (χ0v) is 12.9. The van der Waals surface area contributed by atoms with Crippen molar-refractivity contribution < 1.29 is 9.18 Å². The van der Waals surface area contributed by atoms with E-state index in [2.05, 4.69) is 10.3 Å². The van der Waals surface area contributed by atoms with Crippen molar-refractivity contribution in [1.29, 1.82) is 0 Å². The summed E-state index contributed by atoms with van der Waals surface area (Å²) in [6.45, 7) is 4.37. The number of rotatable bonds is 1. The van der Waals surface area contributed by atoms with E-state index < -0.39 is 11.4 Å². The maximum absolute atomic E-state index is 14.0. The predicted octanol–water partition coefficient (Wildman–Crippen LogP) is 1.44. The minimum absolute atomic E-state index is 0. The molecule has 0 saturated carbocycles. The minimum atomic E-state index is -0.517. The molecule has 5 nitrogen and oxygen atoms in total. The van der Waals surface area contributed by atoms with Crippen LogP contribution in [-0.4, -0.2) is 42.0 Å². The SMILES string of the molecule is Cc1cc(F)c2[nH]c(=O)cc(C(=O)N3CCNCC3)c2c1.Cl. The lowest BCUT2D eigenvalue weighted by Crippen LogP contribution is -2.46. The topological polar surface area (TPSA) is 65.2 Å². The number of halogens is 2. The average molecular weight is 326 g/mol. The maximum Gasteiger partial charge on any atom is 0.254 e. The largest absolute Gasteiger partial charge is 0.336 e. The van der Waals surface area contributed by atoms with Crippen molar-refractivity contribution >= 4 is 29.2 Å². The summed E-state index contributed by atoms with van der Waals surface area (Å²) in [6.07, 6.45) is 0. The molecule has 0 spiro atoms. The van der Waals surface area contributed by atoms with Crippen LogP contribution in [0.15, 0.2) is 23.0 Å². The molecule has 2 N–H and O–H groups in total. The van der Waals surface area contributed by atoms with Gasteiger partial charge in [-0.25, -0.2) is 4.39 Å². The van der Waals surface area contributed by atoms with E-state index in [0.717, 1.165) is 13.1 Å². The van der Waals surface area contributed by atoms with Gasteiger partial charge < -0.3 is 15.2 Å². The van der Waals surface area contributed by atoms with Gasteiger partial charge in [0.05, 0.1) is 11.1 Å². The van der Waals surface area contributed by atoms with E-state index in [1.807, 2.05) is 0 Å². The van der Waals surface area contributed by atoms with Gasteiger partial charge in [0.1, 0.15) is 5.82 Å². The molecule has 1 aliphatic heterocycles. The smallest absolute Gasteiger partial charge is 0.254 e. The third kappa shape index (κ3) is 2.98. The average Bonchev–Trinajstić information content (AvgIpc) is 2.47. The van der Waals surface area contributed by atoms with Crippen LogP contribution < -0.4 is 10.9 Å². The molecule has 7 heteroatoms. The molecular formula is C15H17ClFN3O2. The van der Waals surface area contributed by atoms with Gasteiger partial charge in [-0.3, -0.25) is 9.59 Å². The molecule has 0 radical (unpaired) electrons. The van der Waals surface area contributed by atoms with Gasteiger partial charge in [-0.15, -0.1) is 12.4 Å². The minimum Gasteiger partial charge on any atom is -0.336 e. The molecule has 0 bridgehead atoms. The number of H-pyrrole nitrogens is 1. The summed E-state index contributed by atoms with van der Waals surface area (Å²) in [4.78, 5) is 28.5. The summed E-state index contributed by atoms with van der Waals surface area (Å²) in [5.41, 5.74) is 0.593. The van der Waals surface area contributed by atoms with E-state index in [4.69, 9.17) is 0 Å². The first-order valence-electron chi connectivity index (χ1n) is 6.89. The normalized spacial score (nSPS) is 14.7. The number of aromatic amines is 1. The molecule has 2 aromatic rings. The van der Waals surface area contributed by atoms with E-state index in [0.29, 0.717) is 24.0 Å². The van der Waals surface area contributed by atoms with Crippen molar-refractivity contribution in [2.24, 2.45) is 0 Å². The quantitative estimate of drug-likeness (QED) is 0.834. The third-order valence-corrected chi connectivity index (χ3v) is 3.68. The second-order valence-corrected chi connectivity index (χ2v) is 5.26. The number of carbonyl (C=O) groups is 1. The summed E-state index contributed by atoms with van der Waals surface area (Å²) in [6, 6.07) is 4.33. The zero-order chi connectivity index (χ0) is 15.0. The number of nitrogens with zero attached hydrogens (tertiary/aromatic N) is 1. The molecule has 1 amide bonds. The monoisotopic (exact) mass is 325 g/mol. The maximum atomic E-state index is 14.0. The third-order valence-electron chi connectivity index (χ3n) is 3.68. The van der Waals surface area contributed by atoms with E-state index in [1.54, 1.807) is 17.9 Å². The molecule has 1 aromatic heterocycles. The lowest BCUT2D eigenvalue weighted by atomic mass is 10.0. The van der Waals surface area contributed by atoms with Gasteiger partial charge in [-0.05, 0) is 24.6 Å². The van der Waals surface area contributed by atoms with Crippen LogP contribution in [0.3, 0.4) is 0 Å². The first-order chi connectivity index (χ1) is 10.1. The van der Waals surface area contributed by atoms with Crippen molar-refractivity contribution in [2.75, 3.05) is 26.2 Å². The summed E-state index contributed by atoms with van der Waals surface area (Å²) < 4.78 is 14.0. The van der Waals surface area contributed by atoms with Crippen LogP contribution in [0.2, 0.25) is 0 Å². The summed E-state index contributed by atoms with van der Waals surface area (Å²) in [5.74, 6) is -0.741. The van der Waals surface area contributed by atoms with E-state index in [9.17, 15) is 14.0 Å². The molecule has 0 atom stereocenters. The van der Waals surface area contributed by atoms with Crippen molar-refractivity contribution in [3.63, 3.8) is 0 Å². The highest BCUT2D eigenvalue weighted by molar-refractivity contribution is 6.06. The van der Waals surface area contributed by atoms with E-state index in [1.165, 1.54) is 12.1 Å². The molecule has 22 heavy (non-hydrogen) atoms. The van der Waals surface area contributed by atoms with Crippen LogP contribution in [0.1, 0.15) is 15.9 Å². The van der Waals surface area contributed by atoms with Gasteiger partial charge >= 0.3 is 0 Å². The Balaban J connectivity index is 0.00000176. The van der Waals surface area contributed by atoms with Crippen molar-refractivity contribution in [3.05, 3.63) is 45.5 Å². The number of hydrogen-bond acceptors (Lipinski definition) is 3. The van der Waals surface area contributed by atoms with Gasteiger partial charge in [-0.1, -0.05) is 0 Å². The standard InChI is InChI=1S/C15H16FN3O2.ClH/c1-9-6-10-11(15(21)19-4-2-17-3-5-19)8-13(20)18-14(10)12(16)7-9;/h6-8,17H,2-5H2,1H3,(H,18,20);1H. The van der Waals surface area contributed by atoms with E-state index in [-0.39, 0.29) is 29.4 Å². The Labute approximate surface area is 132 Å². The van der Waals surface area contributed by atoms with Gasteiger partial charge in [0.15, 0.2) is 0 Å². The Morgan fingerprint density at radius 2 is 1.91 bits per heavy atom. The molecule has 2 heterocycles. The number of aromatic nitrogens is 1. The number of carbonyl (C=O) groups excluding carboxylic acids is 1. The molecular weight excluding hydrogens is 309 g/mol. The summed E-state index contributed by atoms with van der Waals surface area (Å²) in [7, 11) is 0. The van der Waals surface area contributed by atoms with Crippen LogP contribution in [0.25, 0.3) is 10.9 Å². The second kappa shape index (κ2) is 6.46. The number of nitrogens with one attached hydrogen (secondary N) is 2. The highest BCUT2D eigenvalue weighted by Gasteiger charge is 2.21. The summed E-state index contributed by atoms with van der Waals surface area (Å²) in [5, 5.41) is 3.62. The first-order valence-corrected chi connectivity index (χ1v) is 6.89. The fourth-order valence-electron chi connectivity index (χ4n) is 2.67. The van der Waals surface area contributed by atoms with Crippen LogP contribution in [0.5, 0.6) is 0 Å². The van der Waals surface area contributed by atoms with Crippen molar-refractivity contribution in [1.82, 2.24) is 15.2 Å². The highest BCUT2D eigenvalue weighted by Crippen LogP contribution is 2.21. The molecule has 0 unspecified atom stereocenters. The van der Waals surface area contributed by atoms with Crippen LogP contribution >= 0.6 is 12.4 Å². The predicted molar refractivity (Wildman–Crippen MR) is 85.3 cm³/mol. The first kappa shape index (κ1) is 16.5. The molecule has 1 aliphatic rings. The van der Waals surface area contributed by atoms with Crippen LogP contribution in [0.4, 0.5) is 4.39 Å². The zero-order valence-electron chi connectivity index (χ0n) is 12.1.